The average Bonchev–Trinajstić information content (AvgIpc) is 2.31. The highest BCUT2D eigenvalue weighted by atomic mass is 32.2. The SMILES string of the molecule is CC1(C)CCCN(S(=O)(=O)c2ccc(N)c(F)c2)C1. The van der Waals surface area contributed by atoms with Crippen LogP contribution in [0.4, 0.5) is 10.1 Å². The topological polar surface area (TPSA) is 63.4 Å². The summed E-state index contributed by atoms with van der Waals surface area (Å²) in [6.07, 6.45) is 1.82. The minimum absolute atomic E-state index is 0.0306. The number of benzene rings is 1. The molecule has 1 heterocycles. The summed E-state index contributed by atoms with van der Waals surface area (Å²) >= 11 is 0. The van der Waals surface area contributed by atoms with E-state index in [0.717, 1.165) is 18.9 Å². The van der Waals surface area contributed by atoms with Crippen LogP contribution in [0, 0.1) is 11.2 Å². The van der Waals surface area contributed by atoms with E-state index in [1.807, 2.05) is 13.8 Å². The Balaban J connectivity index is 2.34. The molecule has 0 saturated carbocycles. The van der Waals surface area contributed by atoms with E-state index in [1.54, 1.807) is 0 Å². The predicted octanol–water partition coefficient (Wildman–Crippen LogP) is 2.22. The lowest BCUT2D eigenvalue weighted by molar-refractivity contribution is 0.187. The van der Waals surface area contributed by atoms with Gasteiger partial charge in [0.25, 0.3) is 0 Å². The summed E-state index contributed by atoms with van der Waals surface area (Å²) in [5.74, 6) is -0.697. The van der Waals surface area contributed by atoms with Gasteiger partial charge in [-0.15, -0.1) is 0 Å². The van der Waals surface area contributed by atoms with Gasteiger partial charge in [0.1, 0.15) is 5.82 Å². The fourth-order valence-electron chi connectivity index (χ4n) is 2.39. The molecule has 0 unspecified atom stereocenters. The number of sulfonamides is 1. The van der Waals surface area contributed by atoms with Crippen LogP contribution in [0.15, 0.2) is 23.1 Å². The highest BCUT2D eigenvalue weighted by molar-refractivity contribution is 7.89. The van der Waals surface area contributed by atoms with Gasteiger partial charge in [0, 0.05) is 13.1 Å². The maximum atomic E-state index is 13.4. The summed E-state index contributed by atoms with van der Waals surface area (Å²) in [6, 6.07) is 3.64. The number of anilines is 1. The van der Waals surface area contributed by atoms with Crippen molar-refractivity contribution in [1.82, 2.24) is 4.31 Å². The van der Waals surface area contributed by atoms with Gasteiger partial charge in [0.2, 0.25) is 10.0 Å². The first-order valence-electron chi connectivity index (χ1n) is 6.28. The Kier molecular flexibility index (Phi) is 3.57. The van der Waals surface area contributed by atoms with Gasteiger partial charge in [-0.2, -0.15) is 4.31 Å². The number of halogens is 1. The molecule has 1 aromatic rings. The van der Waals surface area contributed by atoms with Crippen molar-refractivity contribution >= 4 is 15.7 Å². The number of hydrogen-bond donors (Lipinski definition) is 1. The van der Waals surface area contributed by atoms with E-state index < -0.39 is 15.8 Å². The molecular weight excluding hydrogens is 267 g/mol. The molecule has 0 bridgehead atoms. The van der Waals surface area contributed by atoms with Crippen molar-refractivity contribution in [2.45, 2.75) is 31.6 Å². The van der Waals surface area contributed by atoms with Crippen LogP contribution in [0.25, 0.3) is 0 Å². The third-order valence-corrected chi connectivity index (χ3v) is 5.32. The van der Waals surface area contributed by atoms with Crippen LogP contribution in [0.1, 0.15) is 26.7 Å². The zero-order chi connectivity index (χ0) is 14.3. The van der Waals surface area contributed by atoms with Gasteiger partial charge in [-0.3, -0.25) is 0 Å². The van der Waals surface area contributed by atoms with Gasteiger partial charge in [-0.25, -0.2) is 12.8 Å². The van der Waals surface area contributed by atoms with Crippen LogP contribution in [-0.2, 0) is 10.0 Å². The number of hydrogen-bond acceptors (Lipinski definition) is 3. The van der Waals surface area contributed by atoms with E-state index in [4.69, 9.17) is 5.73 Å². The molecular formula is C13H19FN2O2S. The fraction of sp³-hybridized carbons (Fsp3) is 0.538. The highest BCUT2D eigenvalue weighted by Crippen LogP contribution is 2.32. The van der Waals surface area contributed by atoms with Crippen molar-refractivity contribution in [3.63, 3.8) is 0 Å². The van der Waals surface area contributed by atoms with E-state index >= 15 is 0 Å². The zero-order valence-corrected chi connectivity index (χ0v) is 12.0. The Labute approximate surface area is 113 Å². The van der Waals surface area contributed by atoms with Crippen molar-refractivity contribution < 1.29 is 12.8 Å². The molecule has 0 aliphatic carbocycles. The summed E-state index contributed by atoms with van der Waals surface area (Å²) in [5, 5.41) is 0. The Hall–Kier alpha value is -1.14. The van der Waals surface area contributed by atoms with E-state index in [0.29, 0.717) is 13.1 Å². The molecule has 2 N–H and O–H groups in total. The van der Waals surface area contributed by atoms with Crippen molar-refractivity contribution in [3.05, 3.63) is 24.0 Å². The molecule has 1 saturated heterocycles. The van der Waals surface area contributed by atoms with Gasteiger partial charge in [-0.1, -0.05) is 13.8 Å². The Bertz CT molecular complexity index is 584. The molecule has 2 rings (SSSR count). The van der Waals surface area contributed by atoms with E-state index in [1.165, 1.54) is 16.4 Å². The Morgan fingerprint density at radius 3 is 2.63 bits per heavy atom. The molecule has 6 heteroatoms. The lowest BCUT2D eigenvalue weighted by Gasteiger charge is -2.37. The van der Waals surface area contributed by atoms with Crippen molar-refractivity contribution in [1.29, 1.82) is 0 Å². The van der Waals surface area contributed by atoms with Crippen LogP contribution >= 0.6 is 0 Å². The first kappa shape index (κ1) is 14.3. The van der Waals surface area contributed by atoms with Crippen LogP contribution in [-0.4, -0.2) is 25.8 Å². The number of nitrogens with zero attached hydrogens (tertiary/aromatic N) is 1. The third-order valence-electron chi connectivity index (χ3n) is 3.48. The fourth-order valence-corrected chi connectivity index (χ4v) is 4.07. The predicted molar refractivity (Wildman–Crippen MR) is 72.6 cm³/mol. The lowest BCUT2D eigenvalue weighted by atomic mass is 9.85. The molecule has 106 valence electrons. The van der Waals surface area contributed by atoms with E-state index in [9.17, 15) is 12.8 Å². The molecule has 0 atom stereocenters. The first-order valence-corrected chi connectivity index (χ1v) is 7.72. The van der Waals surface area contributed by atoms with Gasteiger partial charge >= 0.3 is 0 Å². The second-order valence-corrected chi connectivity index (χ2v) is 7.73. The monoisotopic (exact) mass is 286 g/mol. The molecule has 1 aliphatic rings. The molecule has 0 spiro atoms. The first-order chi connectivity index (χ1) is 8.72. The molecule has 1 aliphatic heterocycles. The molecule has 1 fully saturated rings. The second kappa shape index (κ2) is 4.76. The lowest BCUT2D eigenvalue weighted by Crippen LogP contribution is -2.43. The van der Waals surface area contributed by atoms with Crippen molar-refractivity contribution in [2.75, 3.05) is 18.8 Å². The standard InChI is InChI=1S/C13H19FN2O2S/c1-13(2)6-3-7-16(9-13)19(17,18)10-4-5-12(15)11(14)8-10/h4-5,8H,3,6-7,9,15H2,1-2H3. The Morgan fingerprint density at radius 2 is 2.05 bits per heavy atom. The maximum absolute atomic E-state index is 13.4. The normalized spacial score (nSPS) is 20.4. The summed E-state index contributed by atoms with van der Waals surface area (Å²) in [5.41, 5.74) is 5.28. The van der Waals surface area contributed by atoms with Gasteiger partial charge in [0.15, 0.2) is 0 Å². The number of nitrogens with two attached hydrogens (primary N) is 1. The van der Waals surface area contributed by atoms with Gasteiger partial charge < -0.3 is 5.73 Å². The molecule has 0 radical (unpaired) electrons. The summed E-state index contributed by atoms with van der Waals surface area (Å²) < 4.78 is 39.8. The van der Waals surface area contributed by atoms with Crippen LogP contribution in [0.3, 0.4) is 0 Å². The largest absolute Gasteiger partial charge is 0.396 e. The maximum Gasteiger partial charge on any atom is 0.243 e. The summed E-state index contributed by atoms with van der Waals surface area (Å²) in [4.78, 5) is -0.0306. The highest BCUT2D eigenvalue weighted by Gasteiger charge is 2.34. The Morgan fingerprint density at radius 1 is 1.37 bits per heavy atom. The third kappa shape index (κ3) is 2.90. The van der Waals surface area contributed by atoms with Gasteiger partial charge in [-0.05, 0) is 36.5 Å². The minimum Gasteiger partial charge on any atom is -0.396 e. The molecule has 1 aromatic carbocycles. The second-order valence-electron chi connectivity index (χ2n) is 5.79. The number of rotatable bonds is 2. The van der Waals surface area contributed by atoms with Crippen molar-refractivity contribution in [3.8, 4) is 0 Å². The summed E-state index contributed by atoms with van der Waals surface area (Å²) in [7, 11) is -3.63. The number of piperidine rings is 1. The molecule has 19 heavy (non-hydrogen) atoms. The molecule has 0 amide bonds. The average molecular weight is 286 g/mol. The zero-order valence-electron chi connectivity index (χ0n) is 11.2. The van der Waals surface area contributed by atoms with Crippen LogP contribution in [0.5, 0.6) is 0 Å². The summed E-state index contributed by atoms with van der Waals surface area (Å²) in [6.45, 7) is 5.02. The van der Waals surface area contributed by atoms with Crippen LogP contribution in [0.2, 0.25) is 0 Å². The molecule has 4 nitrogen and oxygen atoms in total. The number of nitrogen functional groups attached to an aromatic ring is 1. The van der Waals surface area contributed by atoms with Gasteiger partial charge in [0.05, 0.1) is 10.6 Å². The quantitative estimate of drug-likeness (QED) is 0.848. The van der Waals surface area contributed by atoms with Crippen molar-refractivity contribution in [2.24, 2.45) is 5.41 Å². The minimum atomic E-state index is -3.63. The molecule has 0 aromatic heterocycles. The van der Waals surface area contributed by atoms with Crippen LogP contribution < -0.4 is 5.73 Å². The van der Waals surface area contributed by atoms with E-state index in [2.05, 4.69) is 0 Å². The van der Waals surface area contributed by atoms with E-state index in [-0.39, 0.29) is 16.0 Å². The smallest absolute Gasteiger partial charge is 0.243 e.